The highest BCUT2D eigenvalue weighted by Gasteiger charge is 2.20. The number of hydrogen-bond donors (Lipinski definition) is 1. The number of para-hydroxylation sites is 1. The molecule has 122 valence electrons. The van der Waals surface area contributed by atoms with Crippen molar-refractivity contribution in [3.63, 3.8) is 0 Å². The number of nitrogen functional groups attached to an aromatic ring is 1. The summed E-state index contributed by atoms with van der Waals surface area (Å²) < 4.78 is 0. The molecule has 0 amide bonds. The molecular weight excluding hydrogens is 334 g/mol. The monoisotopic (exact) mass is 353 g/mol. The standard InChI is InChI=1S/C20H19NOS2/c1-14-6-8-15(9-7-14)18(22)12-20(16-10-11-23-13-16)24-19-5-3-2-4-17(19)21/h2-11,13,20H,12,21H2,1H3/t20-/m1/s1. The Morgan fingerprint density at radius 3 is 2.54 bits per heavy atom. The van der Waals surface area contributed by atoms with Gasteiger partial charge < -0.3 is 5.73 Å². The fourth-order valence-electron chi connectivity index (χ4n) is 2.45. The maximum Gasteiger partial charge on any atom is 0.164 e. The van der Waals surface area contributed by atoms with Crippen LogP contribution >= 0.6 is 23.1 Å². The van der Waals surface area contributed by atoms with Crippen molar-refractivity contribution in [2.75, 3.05) is 5.73 Å². The zero-order valence-corrected chi connectivity index (χ0v) is 15.1. The molecule has 0 aliphatic carbocycles. The van der Waals surface area contributed by atoms with E-state index in [9.17, 15) is 4.79 Å². The maximum atomic E-state index is 12.7. The largest absolute Gasteiger partial charge is 0.398 e. The van der Waals surface area contributed by atoms with Crippen molar-refractivity contribution in [1.29, 1.82) is 0 Å². The molecule has 0 aliphatic heterocycles. The molecular formula is C20H19NOS2. The molecule has 0 saturated carbocycles. The summed E-state index contributed by atoms with van der Waals surface area (Å²) in [6.07, 6.45) is 0.457. The molecule has 0 radical (unpaired) electrons. The highest BCUT2D eigenvalue weighted by atomic mass is 32.2. The molecule has 24 heavy (non-hydrogen) atoms. The zero-order chi connectivity index (χ0) is 16.9. The summed E-state index contributed by atoms with van der Waals surface area (Å²) >= 11 is 3.31. The molecule has 3 aromatic rings. The molecule has 2 aromatic carbocycles. The Morgan fingerprint density at radius 2 is 1.88 bits per heavy atom. The van der Waals surface area contributed by atoms with E-state index in [1.807, 2.05) is 60.8 Å². The summed E-state index contributed by atoms with van der Waals surface area (Å²) in [7, 11) is 0. The van der Waals surface area contributed by atoms with Crippen LogP contribution in [0.2, 0.25) is 0 Å². The Kier molecular flexibility index (Phi) is 5.38. The Balaban J connectivity index is 1.82. The highest BCUT2D eigenvalue weighted by molar-refractivity contribution is 7.99. The molecule has 1 aromatic heterocycles. The van der Waals surface area contributed by atoms with E-state index in [0.717, 1.165) is 21.7 Å². The lowest BCUT2D eigenvalue weighted by molar-refractivity contribution is 0.0982. The number of aryl methyl sites for hydroxylation is 1. The van der Waals surface area contributed by atoms with Crippen LogP contribution in [-0.2, 0) is 0 Å². The number of carbonyl (C=O) groups is 1. The van der Waals surface area contributed by atoms with Gasteiger partial charge in [-0.15, -0.1) is 11.8 Å². The predicted molar refractivity (Wildman–Crippen MR) is 104 cm³/mol. The second-order valence-corrected chi connectivity index (χ2v) is 7.72. The maximum absolute atomic E-state index is 12.7. The Hall–Kier alpha value is -2.04. The van der Waals surface area contributed by atoms with Crippen molar-refractivity contribution in [2.45, 2.75) is 23.5 Å². The quantitative estimate of drug-likeness (QED) is 0.349. The summed E-state index contributed by atoms with van der Waals surface area (Å²) in [5.74, 6) is 0.160. The fourth-order valence-corrected chi connectivity index (χ4v) is 4.44. The minimum absolute atomic E-state index is 0.0646. The third kappa shape index (κ3) is 4.08. The molecule has 1 heterocycles. The third-order valence-electron chi connectivity index (χ3n) is 3.85. The lowest BCUT2D eigenvalue weighted by Gasteiger charge is -2.16. The second kappa shape index (κ2) is 7.69. The van der Waals surface area contributed by atoms with Crippen LogP contribution in [0, 0.1) is 6.92 Å². The number of carbonyl (C=O) groups excluding carboxylic acids is 1. The van der Waals surface area contributed by atoms with Crippen LogP contribution in [0.25, 0.3) is 0 Å². The average molecular weight is 354 g/mol. The number of benzene rings is 2. The molecule has 0 fully saturated rings. The number of thiophene rings is 1. The number of anilines is 1. The van der Waals surface area contributed by atoms with Crippen molar-refractivity contribution in [3.8, 4) is 0 Å². The van der Waals surface area contributed by atoms with Gasteiger partial charge in [0.15, 0.2) is 5.78 Å². The van der Waals surface area contributed by atoms with Crippen molar-refractivity contribution < 1.29 is 4.79 Å². The van der Waals surface area contributed by atoms with E-state index in [0.29, 0.717) is 6.42 Å². The lowest BCUT2D eigenvalue weighted by Crippen LogP contribution is -2.05. The van der Waals surface area contributed by atoms with E-state index in [4.69, 9.17) is 5.73 Å². The smallest absolute Gasteiger partial charge is 0.164 e. The molecule has 0 spiro atoms. The van der Waals surface area contributed by atoms with Crippen LogP contribution in [0.4, 0.5) is 5.69 Å². The van der Waals surface area contributed by atoms with Gasteiger partial charge in [-0.2, -0.15) is 11.3 Å². The Morgan fingerprint density at radius 1 is 1.12 bits per heavy atom. The van der Waals surface area contributed by atoms with Gasteiger partial charge in [0.2, 0.25) is 0 Å². The van der Waals surface area contributed by atoms with Gasteiger partial charge >= 0.3 is 0 Å². The van der Waals surface area contributed by atoms with Crippen molar-refractivity contribution in [1.82, 2.24) is 0 Å². The Labute approximate surface area is 150 Å². The van der Waals surface area contributed by atoms with Crippen LogP contribution in [0.3, 0.4) is 0 Å². The summed E-state index contributed by atoms with van der Waals surface area (Å²) in [5, 5.41) is 4.22. The zero-order valence-electron chi connectivity index (χ0n) is 13.4. The summed E-state index contributed by atoms with van der Waals surface area (Å²) in [5.41, 5.74) is 9.93. The fraction of sp³-hybridized carbons (Fsp3) is 0.150. The van der Waals surface area contributed by atoms with Crippen molar-refractivity contribution >= 4 is 34.6 Å². The first-order chi connectivity index (χ1) is 11.6. The molecule has 3 rings (SSSR count). The van der Waals surface area contributed by atoms with Gasteiger partial charge in [-0.3, -0.25) is 4.79 Å². The molecule has 0 aliphatic rings. The SMILES string of the molecule is Cc1ccc(C(=O)C[C@@H](Sc2ccccc2N)c2ccsc2)cc1. The molecule has 0 bridgehead atoms. The van der Waals surface area contributed by atoms with E-state index < -0.39 is 0 Å². The minimum atomic E-state index is 0.0646. The van der Waals surface area contributed by atoms with E-state index in [1.165, 1.54) is 5.56 Å². The lowest BCUT2D eigenvalue weighted by atomic mass is 10.0. The van der Waals surface area contributed by atoms with Gasteiger partial charge in [-0.25, -0.2) is 0 Å². The number of ketones is 1. The van der Waals surface area contributed by atoms with Crippen molar-refractivity contribution in [2.24, 2.45) is 0 Å². The first kappa shape index (κ1) is 16.8. The van der Waals surface area contributed by atoms with Gasteiger partial charge in [-0.1, -0.05) is 42.0 Å². The minimum Gasteiger partial charge on any atom is -0.398 e. The van der Waals surface area contributed by atoms with E-state index in [2.05, 4.69) is 11.4 Å². The molecule has 4 heteroatoms. The van der Waals surface area contributed by atoms with Crippen LogP contribution < -0.4 is 5.73 Å². The van der Waals surface area contributed by atoms with Gasteiger partial charge in [0.1, 0.15) is 0 Å². The molecule has 0 unspecified atom stereocenters. The normalized spacial score (nSPS) is 12.0. The van der Waals surface area contributed by atoms with Crippen LogP contribution in [0.5, 0.6) is 0 Å². The van der Waals surface area contributed by atoms with E-state index in [1.54, 1.807) is 23.1 Å². The highest BCUT2D eigenvalue weighted by Crippen LogP contribution is 2.41. The topological polar surface area (TPSA) is 43.1 Å². The summed E-state index contributed by atoms with van der Waals surface area (Å²) in [6.45, 7) is 2.02. The van der Waals surface area contributed by atoms with Gasteiger partial charge in [0.25, 0.3) is 0 Å². The molecule has 2 nitrogen and oxygen atoms in total. The van der Waals surface area contributed by atoms with E-state index >= 15 is 0 Å². The predicted octanol–water partition coefficient (Wildman–Crippen LogP) is 5.75. The summed E-state index contributed by atoms with van der Waals surface area (Å²) in [4.78, 5) is 13.7. The van der Waals surface area contributed by atoms with Crippen LogP contribution in [0.1, 0.15) is 33.2 Å². The molecule has 0 saturated heterocycles. The first-order valence-electron chi connectivity index (χ1n) is 7.76. The number of hydrogen-bond acceptors (Lipinski definition) is 4. The number of nitrogens with two attached hydrogens (primary N) is 1. The van der Waals surface area contributed by atoms with Gasteiger partial charge in [-0.05, 0) is 41.4 Å². The van der Waals surface area contributed by atoms with E-state index in [-0.39, 0.29) is 11.0 Å². The van der Waals surface area contributed by atoms with Gasteiger partial charge in [0.05, 0.1) is 0 Å². The number of thioether (sulfide) groups is 1. The summed E-state index contributed by atoms with van der Waals surface area (Å²) in [6, 6.07) is 17.7. The van der Waals surface area contributed by atoms with Crippen LogP contribution in [-0.4, -0.2) is 5.78 Å². The van der Waals surface area contributed by atoms with Crippen molar-refractivity contribution in [3.05, 3.63) is 82.0 Å². The van der Waals surface area contributed by atoms with Gasteiger partial charge in [0, 0.05) is 27.8 Å². The number of Topliss-reactive ketones (excluding diaryl/α,β-unsaturated/α-hetero) is 1. The number of rotatable bonds is 6. The average Bonchev–Trinajstić information content (AvgIpc) is 3.11. The molecule has 1 atom stereocenters. The third-order valence-corrected chi connectivity index (χ3v) is 5.90. The second-order valence-electron chi connectivity index (χ2n) is 5.69. The molecule has 2 N–H and O–H groups in total. The first-order valence-corrected chi connectivity index (χ1v) is 9.59. The van der Waals surface area contributed by atoms with Crippen LogP contribution in [0.15, 0.2) is 70.3 Å². The Bertz CT molecular complexity index is 810.